The molecule has 108 valence electrons. The summed E-state index contributed by atoms with van der Waals surface area (Å²) in [6.07, 6.45) is 2.22. The maximum Gasteiger partial charge on any atom is 0.120 e. The summed E-state index contributed by atoms with van der Waals surface area (Å²) in [5.74, 6) is 0.0559. The van der Waals surface area contributed by atoms with Gasteiger partial charge < -0.3 is 15.0 Å². The SMILES string of the molecule is CCc1c(NC)ccc(C#N)c1C(CC=O)CN(C)C. The summed E-state index contributed by atoms with van der Waals surface area (Å²) in [4.78, 5) is 13.1. The molecule has 0 bridgehead atoms. The lowest BCUT2D eigenvalue weighted by molar-refractivity contribution is -0.108. The number of aldehydes is 1. The van der Waals surface area contributed by atoms with E-state index in [1.54, 1.807) is 0 Å². The minimum atomic E-state index is 0.0559. The Morgan fingerprint density at radius 2 is 2.15 bits per heavy atom. The average molecular weight is 273 g/mol. The highest BCUT2D eigenvalue weighted by molar-refractivity contribution is 5.62. The lowest BCUT2D eigenvalue weighted by atomic mass is 9.86. The van der Waals surface area contributed by atoms with E-state index in [0.717, 1.165) is 36.1 Å². The molecule has 0 aliphatic rings. The van der Waals surface area contributed by atoms with Crippen molar-refractivity contribution in [1.29, 1.82) is 5.26 Å². The standard InChI is InChI=1S/C16H23N3O/c1-5-14-15(18-2)7-6-12(10-17)16(14)13(8-9-20)11-19(3)4/h6-7,9,13,18H,5,8,11H2,1-4H3. The van der Waals surface area contributed by atoms with Crippen LogP contribution < -0.4 is 5.32 Å². The number of benzene rings is 1. The van der Waals surface area contributed by atoms with Gasteiger partial charge in [-0.1, -0.05) is 6.92 Å². The van der Waals surface area contributed by atoms with Crippen molar-refractivity contribution in [3.63, 3.8) is 0 Å². The predicted octanol–water partition coefficient (Wildman–Crippen LogP) is 2.40. The van der Waals surface area contributed by atoms with Crippen molar-refractivity contribution in [3.05, 3.63) is 28.8 Å². The molecule has 0 saturated carbocycles. The Balaban J connectivity index is 3.43. The van der Waals surface area contributed by atoms with Crippen LogP contribution in [-0.4, -0.2) is 38.9 Å². The van der Waals surface area contributed by atoms with E-state index >= 15 is 0 Å². The second-order valence-corrected chi connectivity index (χ2v) is 5.13. The maximum absolute atomic E-state index is 11.0. The fourth-order valence-electron chi connectivity index (χ4n) is 2.68. The number of nitriles is 1. The number of rotatable bonds is 7. The lowest BCUT2D eigenvalue weighted by Crippen LogP contribution is -2.22. The molecule has 0 amide bonds. The van der Waals surface area contributed by atoms with Gasteiger partial charge in [0, 0.05) is 31.6 Å². The number of carbonyl (C=O) groups excluding carboxylic acids is 1. The number of likely N-dealkylation sites (N-methyl/N-ethyl adjacent to an activating group) is 1. The quantitative estimate of drug-likeness (QED) is 0.775. The first-order chi connectivity index (χ1) is 9.58. The number of nitrogens with one attached hydrogen (secondary N) is 1. The van der Waals surface area contributed by atoms with Gasteiger partial charge in [0.05, 0.1) is 11.6 Å². The summed E-state index contributed by atoms with van der Waals surface area (Å²) in [7, 11) is 5.85. The first-order valence-electron chi connectivity index (χ1n) is 6.90. The number of anilines is 1. The molecule has 0 saturated heterocycles. The number of hydrogen-bond acceptors (Lipinski definition) is 4. The molecule has 0 fully saturated rings. The molecule has 20 heavy (non-hydrogen) atoms. The second kappa shape index (κ2) is 7.66. The molecule has 0 spiro atoms. The molecule has 4 heteroatoms. The zero-order valence-electron chi connectivity index (χ0n) is 12.7. The van der Waals surface area contributed by atoms with E-state index in [4.69, 9.17) is 0 Å². The molecule has 0 radical (unpaired) electrons. The van der Waals surface area contributed by atoms with Gasteiger partial charge in [-0.25, -0.2) is 0 Å². The molecule has 0 heterocycles. The smallest absolute Gasteiger partial charge is 0.120 e. The monoisotopic (exact) mass is 273 g/mol. The third-order valence-electron chi connectivity index (χ3n) is 3.47. The molecular formula is C16H23N3O. The Morgan fingerprint density at radius 1 is 1.45 bits per heavy atom. The molecule has 0 aromatic heterocycles. The van der Waals surface area contributed by atoms with E-state index in [-0.39, 0.29) is 5.92 Å². The maximum atomic E-state index is 11.0. The Labute approximate surface area is 121 Å². The molecule has 4 nitrogen and oxygen atoms in total. The number of carbonyl (C=O) groups is 1. The highest BCUT2D eigenvalue weighted by atomic mass is 16.1. The zero-order chi connectivity index (χ0) is 15.1. The van der Waals surface area contributed by atoms with Crippen molar-refractivity contribution in [2.75, 3.05) is 33.0 Å². The summed E-state index contributed by atoms with van der Waals surface area (Å²) in [6, 6.07) is 6.05. The van der Waals surface area contributed by atoms with Crippen LogP contribution in [0.3, 0.4) is 0 Å². The number of nitrogens with zero attached hydrogens (tertiary/aromatic N) is 2. The highest BCUT2D eigenvalue weighted by Crippen LogP contribution is 2.32. The Kier molecular flexibility index (Phi) is 6.20. The first kappa shape index (κ1) is 16.2. The van der Waals surface area contributed by atoms with Crippen LogP contribution in [0.15, 0.2) is 12.1 Å². The molecule has 1 aromatic carbocycles. The summed E-state index contributed by atoms with van der Waals surface area (Å²) in [5.41, 5.74) is 3.87. The van der Waals surface area contributed by atoms with Crippen LogP contribution in [0.2, 0.25) is 0 Å². The molecule has 1 atom stereocenters. The molecule has 1 unspecified atom stereocenters. The van der Waals surface area contributed by atoms with Crippen molar-refractivity contribution in [2.45, 2.75) is 25.7 Å². The molecule has 1 N–H and O–H groups in total. The molecular weight excluding hydrogens is 250 g/mol. The van der Waals surface area contributed by atoms with Crippen molar-refractivity contribution in [3.8, 4) is 6.07 Å². The summed E-state index contributed by atoms with van der Waals surface area (Å²) in [5, 5.41) is 12.6. The molecule has 0 aliphatic heterocycles. The van der Waals surface area contributed by atoms with Gasteiger partial charge >= 0.3 is 0 Å². The summed E-state index contributed by atoms with van der Waals surface area (Å²) < 4.78 is 0. The Morgan fingerprint density at radius 3 is 2.60 bits per heavy atom. The van der Waals surface area contributed by atoms with Crippen LogP contribution in [0.25, 0.3) is 0 Å². The van der Waals surface area contributed by atoms with E-state index < -0.39 is 0 Å². The van der Waals surface area contributed by atoms with E-state index in [1.165, 1.54) is 0 Å². The fourth-order valence-corrected chi connectivity index (χ4v) is 2.68. The highest BCUT2D eigenvalue weighted by Gasteiger charge is 2.21. The lowest BCUT2D eigenvalue weighted by Gasteiger charge is -2.24. The van der Waals surface area contributed by atoms with E-state index in [0.29, 0.717) is 12.0 Å². The number of hydrogen-bond donors (Lipinski definition) is 1. The van der Waals surface area contributed by atoms with Crippen molar-refractivity contribution in [1.82, 2.24) is 4.90 Å². The summed E-state index contributed by atoms with van der Waals surface area (Å²) in [6.45, 7) is 2.84. The van der Waals surface area contributed by atoms with E-state index in [1.807, 2.05) is 33.3 Å². The minimum Gasteiger partial charge on any atom is -0.388 e. The van der Waals surface area contributed by atoms with Gasteiger partial charge in [-0.15, -0.1) is 0 Å². The van der Waals surface area contributed by atoms with Gasteiger partial charge in [0.15, 0.2) is 0 Å². The second-order valence-electron chi connectivity index (χ2n) is 5.13. The largest absolute Gasteiger partial charge is 0.388 e. The van der Waals surface area contributed by atoms with Gasteiger partial charge in [-0.2, -0.15) is 5.26 Å². The van der Waals surface area contributed by atoms with Crippen LogP contribution in [0.5, 0.6) is 0 Å². The average Bonchev–Trinajstić information content (AvgIpc) is 2.44. The third kappa shape index (κ3) is 3.58. The fraction of sp³-hybridized carbons (Fsp3) is 0.500. The molecule has 1 aromatic rings. The normalized spacial score (nSPS) is 12.0. The van der Waals surface area contributed by atoms with E-state index in [2.05, 4.69) is 23.2 Å². The Hall–Kier alpha value is -1.86. The van der Waals surface area contributed by atoms with Crippen molar-refractivity contribution < 1.29 is 4.79 Å². The topological polar surface area (TPSA) is 56.1 Å². The molecule has 1 rings (SSSR count). The van der Waals surface area contributed by atoms with Gasteiger partial charge in [0.25, 0.3) is 0 Å². The van der Waals surface area contributed by atoms with Crippen LogP contribution in [-0.2, 0) is 11.2 Å². The van der Waals surface area contributed by atoms with Crippen molar-refractivity contribution in [2.24, 2.45) is 0 Å². The van der Waals surface area contributed by atoms with Gasteiger partial charge in [0.1, 0.15) is 6.29 Å². The molecule has 0 aliphatic carbocycles. The Bertz CT molecular complexity index is 503. The van der Waals surface area contributed by atoms with Crippen LogP contribution in [0.4, 0.5) is 5.69 Å². The van der Waals surface area contributed by atoms with Crippen LogP contribution in [0, 0.1) is 11.3 Å². The van der Waals surface area contributed by atoms with Gasteiger partial charge in [-0.05, 0) is 43.8 Å². The minimum absolute atomic E-state index is 0.0559. The zero-order valence-corrected chi connectivity index (χ0v) is 12.7. The predicted molar refractivity (Wildman–Crippen MR) is 82.1 cm³/mol. The van der Waals surface area contributed by atoms with Crippen molar-refractivity contribution >= 4 is 12.0 Å². The van der Waals surface area contributed by atoms with E-state index in [9.17, 15) is 10.1 Å². The van der Waals surface area contributed by atoms with Gasteiger partial charge in [0.2, 0.25) is 0 Å². The summed E-state index contributed by atoms with van der Waals surface area (Å²) >= 11 is 0. The van der Waals surface area contributed by atoms with Crippen LogP contribution >= 0.6 is 0 Å². The first-order valence-corrected chi connectivity index (χ1v) is 6.90. The third-order valence-corrected chi connectivity index (χ3v) is 3.47. The van der Waals surface area contributed by atoms with Gasteiger partial charge in [-0.3, -0.25) is 0 Å². The van der Waals surface area contributed by atoms with Crippen LogP contribution in [0.1, 0.15) is 36.0 Å².